The maximum atomic E-state index is 12.5. The van der Waals surface area contributed by atoms with E-state index in [1.54, 1.807) is 42.5 Å². The molecule has 0 aliphatic rings. The summed E-state index contributed by atoms with van der Waals surface area (Å²) in [5, 5.41) is 0.502. The van der Waals surface area contributed by atoms with Gasteiger partial charge < -0.3 is 4.90 Å². The smallest absolute Gasteiger partial charge is 0.226 e. The van der Waals surface area contributed by atoms with Crippen LogP contribution >= 0.6 is 11.6 Å². The van der Waals surface area contributed by atoms with Gasteiger partial charge in [-0.3, -0.25) is 19.6 Å². The molecule has 154 valence electrons. The van der Waals surface area contributed by atoms with Gasteiger partial charge in [-0.2, -0.15) is 0 Å². The Morgan fingerprint density at radius 2 is 1.90 bits per heavy atom. The Labute approximate surface area is 181 Å². The van der Waals surface area contributed by atoms with Gasteiger partial charge in [-0.15, -0.1) is 0 Å². The highest BCUT2D eigenvalue weighted by molar-refractivity contribution is 6.33. The predicted octanol–water partition coefficient (Wildman–Crippen LogP) is 5.29. The van der Waals surface area contributed by atoms with Crippen LogP contribution in [0.3, 0.4) is 0 Å². The number of Topliss-reactive ketones (excluding diaryl/α,β-unsaturated/α-hetero) is 1. The maximum absolute atomic E-state index is 12.5. The van der Waals surface area contributed by atoms with Crippen LogP contribution in [0.2, 0.25) is 5.02 Å². The number of carbonyl (C=O) groups excluding carboxylic acids is 2. The van der Waals surface area contributed by atoms with Crippen LogP contribution in [0.25, 0.3) is 11.3 Å². The molecule has 0 spiro atoms. The first-order valence-electron chi connectivity index (χ1n) is 9.87. The fourth-order valence-corrected chi connectivity index (χ4v) is 3.47. The van der Waals surface area contributed by atoms with Crippen molar-refractivity contribution >= 4 is 29.0 Å². The molecule has 0 atom stereocenters. The molecule has 0 N–H and O–H groups in total. The van der Waals surface area contributed by atoms with Crippen molar-refractivity contribution in [2.75, 3.05) is 11.9 Å². The largest absolute Gasteiger partial charge is 0.315 e. The van der Waals surface area contributed by atoms with E-state index >= 15 is 0 Å². The Hall–Kier alpha value is -3.05. The van der Waals surface area contributed by atoms with Crippen LogP contribution < -0.4 is 4.90 Å². The highest BCUT2D eigenvalue weighted by Gasteiger charge is 2.13. The topological polar surface area (TPSA) is 63.2 Å². The number of rotatable bonds is 7. The number of carbonyl (C=O) groups is 2. The molecule has 3 rings (SSSR count). The zero-order valence-corrected chi connectivity index (χ0v) is 18.1. The Morgan fingerprint density at radius 3 is 2.53 bits per heavy atom. The van der Waals surface area contributed by atoms with Crippen molar-refractivity contribution in [1.82, 2.24) is 9.97 Å². The Bertz CT molecular complexity index is 1060. The molecule has 0 radical (unpaired) electrons. The van der Waals surface area contributed by atoms with Gasteiger partial charge in [0.15, 0.2) is 5.78 Å². The zero-order chi connectivity index (χ0) is 21.7. The number of halogens is 1. The molecule has 6 heteroatoms. The van der Waals surface area contributed by atoms with Crippen molar-refractivity contribution in [3.8, 4) is 11.3 Å². The maximum Gasteiger partial charge on any atom is 0.226 e. The molecule has 2 heterocycles. The van der Waals surface area contributed by atoms with Gasteiger partial charge in [-0.05, 0) is 55.3 Å². The minimum atomic E-state index is 0.0151. The van der Waals surface area contributed by atoms with Crippen molar-refractivity contribution < 1.29 is 9.59 Å². The van der Waals surface area contributed by atoms with Gasteiger partial charge in [0.25, 0.3) is 0 Å². The summed E-state index contributed by atoms with van der Waals surface area (Å²) in [6.45, 7) is 3.76. The molecular weight excluding hydrogens is 398 g/mol. The third-order valence-corrected chi connectivity index (χ3v) is 5.43. The Morgan fingerprint density at radius 1 is 1.10 bits per heavy atom. The fourth-order valence-electron chi connectivity index (χ4n) is 3.19. The monoisotopic (exact) mass is 421 g/mol. The molecule has 0 saturated heterocycles. The van der Waals surface area contributed by atoms with E-state index in [-0.39, 0.29) is 11.7 Å². The third-order valence-electron chi connectivity index (χ3n) is 5.12. The number of aromatic nitrogens is 2. The third kappa shape index (κ3) is 4.92. The zero-order valence-electron chi connectivity index (χ0n) is 17.4. The number of ketones is 1. The molecule has 0 saturated carbocycles. The summed E-state index contributed by atoms with van der Waals surface area (Å²) in [6.07, 6.45) is 4.82. The van der Waals surface area contributed by atoms with E-state index in [0.29, 0.717) is 35.5 Å². The van der Waals surface area contributed by atoms with Crippen LogP contribution in [-0.2, 0) is 11.2 Å². The molecule has 0 unspecified atom stereocenters. The average Bonchev–Trinajstić information content (AvgIpc) is 2.77. The molecule has 1 aromatic carbocycles. The summed E-state index contributed by atoms with van der Waals surface area (Å²) < 4.78 is 0. The molecule has 0 aliphatic heterocycles. The van der Waals surface area contributed by atoms with Crippen LogP contribution in [0.4, 0.5) is 5.69 Å². The number of hydrogen-bond donors (Lipinski definition) is 0. The van der Waals surface area contributed by atoms with Gasteiger partial charge in [0.2, 0.25) is 5.91 Å². The number of amides is 1. The second kappa shape index (κ2) is 9.63. The predicted molar refractivity (Wildman–Crippen MR) is 120 cm³/mol. The molecule has 0 fully saturated rings. The first-order chi connectivity index (χ1) is 14.4. The van der Waals surface area contributed by atoms with E-state index in [1.165, 1.54) is 0 Å². The molecule has 3 aromatic rings. The lowest BCUT2D eigenvalue weighted by molar-refractivity contribution is -0.118. The molecular formula is C24H24ClN3O2. The fraction of sp³-hybridized carbons (Fsp3) is 0.250. The second-order valence-electron chi connectivity index (χ2n) is 7.07. The lowest BCUT2D eigenvalue weighted by Gasteiger charge is -2.17. The first-order valence-corrected chi connectivity index (χ1v) is 10.2. The van der Waals surface area contributed by atoms with Crippen molar-refractivity contribution in [1.29, 1.82) is 0 Å². The molecule has 30 heavy (non-hydrogen) atoms. The van der Waals surface area contributed by atoms with Crippen LogP contribution in [0.5, 0.6) is 0 Å². The summed E-state index contributed by atoms with van der Waals surface area (Å²) in [4.78, 5) is 34.7. The van der Waals surface area contributed by atoms with Gasteiger partial charge >= 0.3 is 0 Å². The van der Waals surface area contributed by atoms with E-state index < -0.39 is 0 Å². The average molecular weight is 422 g/mol. The van der Waals surface area contributed by atoms with Crippen molar-refractivity contribution in [3.63, 3.8) is 0 Å². The number of hydrogen-bond acceptors (Lipinski definition) is 4. The van der Waals surface area contributed by atoms with E-state index in [9.17, 15) is 9.59 Å². The second-order valence-corrected chi connectivity index (χ2v) is 7.48. The quantitative estimate of drug-likeness (QED) is 0.486. The lowest BCUT2D eigenvalue weighted by Crippen LogP contribution is -2.24. The summed E-state index contributed by atoms with van der Waals surface area (Å²) in [5.74, 6) is 0.0553. The summed E-state index contributed by atoms with van der Waals surface area (Å²) in [6, 6.07) is 12.9. The van der Waals surface area contributed by atoms with Crippen molar-refractivity contribution in [2.45, 2.75) is 33.1 Å². The highest BCUT2D eigenvalue weighted by Crippen LogP contribution is 2.30. The van der Waals surface area contributed by atoms with Gasteiger partial charge in [0.1, 0.15) is 0 Å². The molecule has 2 aromatic heterocycles. The van der Waals surface area contributed by atoms with E-state index in [4.69, 9.17) is 11.6 Å². The van der Waals surface area contributed by atoms with E-state index in [2.05, 4.69) is 9.97 Å². The standard InChI is InChI=1S/C24H24ClN3O2/c1-4-24(30)28(3)19-9-10-20(21(25)14-19)22-11-7-18(15-27-22)23(29)12-8-17-6-5-13-26-16(17)2/h5-7,9-11,13-15H,4,8,12H2,1-3H3. The number of nitrogens with zero attached hydrogens (tertiary/aromatic N) is 3. The summed E-state index contributed by atoms with van der Waals surface area (Å²) in [5.41, 5.74) is 4.75. The highest BCUT2D eigenvalue weighted by atomic mass is 35.5. The first kappa shape index (κ1) is 21.7. The van der Waals surface area contributed by atoms with E-state index in [1.807, 2.05) is 38.1 Å². The van der Waals surface area contributed by atoms with Gasteiger partial charge in [-0.1, -0.05) is 24.6 Å². The lowest BCUT2D eigenvalue weighted by atomic mass is 10.0. The Balaban J connectivity index is 1.71. The minimum absolute atomic E-state index is 0.0151. The van der Waals surface area contributed by atoms with Gasteiger partial charge in [0.05, 0.1) is 10.7 Å². The number of pyridine rings is 2. The SMILES string of the molecule is CCC(=O)N(C)c1ccc(-c2ccc(C(=O)CCc3cccnc3C)cn2)c(Cl)c1. The van der Waals surface area contributed by atoms with Gasteiger partial charge in [-0.25, -0.2) is 0 Å². The van der Waals surface area contributed by atoms with Crippen LogP contribution in [0, 0.1) is 6.92 Å². The molecule has 0 bridgehead atoms. The van der Waals surface area contributed by atoms with E-state index in [0.717, 1.165) is 22.5 Å². The van der Waals surface area contributed by atoms with Crippen LogP contribution in [-0.4, -0.2) is 28.7 Å². The van der Waals surface area contributed by atoms with Gasteiger partial charge in [0, 0.05) is 54.8 Å². The number of benzene rings is 1. The van der Waals surface area contributed by atoms with Crippen molar-refractivity contribution in [2.24, 2.45) is 0 Å². The number of aryl methyl sites for hydroxylation is 2. The number of anilines is 1. The summed E-state index contributed by atoms with van der Waals surface area (Å²) >= 11 is 6.44. The Kier molecular flexibility index (Phi) is 6.95. The van der Waals surface area contributed by atoms with Crippen molar-refractivity contribution in [3.05, 3.63) is 76.7 Å². The summed E-state index contributed by atoms with van der Waals surface area (Å²) in [7, 11) is 1.73. The molecule has 1 amide bonds. The minimum Gasteiger partial charge on any atom is -0.315 e. The van der Waals surface area contributed by atoms with Crippen LogP contribution in [0.1, 0.15) is 41.4 Å². The normalized spacial score (nSPS) is 10.7. The molecule has 5 nitrogen and oxygen atoms in total. The molecule has 0 aliphatic carbocycles. The van der Waals surface area contributed by atoms with Crippen LogP contribution in [0.15, 0.2) is 54.9 Å².